The summed E-state index contributed by atoms with van der Waals surface area (Å²) < 4.78 is 16.1. The van der Waals surface area contributed by atoms with Crippen LogP contribution < -0.4 is 14.2 Å². The van der Waals surface area contributed by atoms with Crippen LogP contribution in [0.3, 0.4) is 0 Å². The van der Waals surface area contributed by atoms with Crippen molar-refractivity contribution in [2.24, 2.45) is 0 Å². The van der Waals surface area contributed by atoms with Crippen molar-refractivity contribution >= 4 is 5.91 Å². The smallest absolute Gasteiger partial charge is 0.260 e. The highest BCUT2D eigenvalue weighted by Crippen LogP contribution is 2.26. The standard InChI is InChI=1S/C22H25N3O4/c1-27-18-7-5-6-17(14-18)19(15-23)24-10-12-25(13-11-24)22(26)16-29-21-9-4-3-8-20(21)28-2/h3-9,14,19H,10-13,16H2,1-2H3. The molecule has 7 heteroatoms. The van der Waals surface area contributed by atoms with E-state index >= 15 is 0 Å². The molecule has 0 aromatic heterocycles. The van der Waals surface area contributed by atoms with Crippen LogP contribution >= 0.6 is 0 Å². The zero-order valence-corrected chi connectivity index (χ0v) is 16.7. The van der Waals surface area contributed by atoms with Crippen molar-refractivity contribution in [1.82, 2.24) is 9.80 Å². The van der Waals surface area contributed by atoms with E-state index in [0.29, 0.717) is 37.7 Å². The van der Waals surface area contributed by atoms with Crippen LogP contribution in [0.4, 0.5) is 0 Å². The van der Waals surface area contributed by atoms with E-state index in [1.807, 2.05) is 36.4 Å². The van der Waals surface area contributed by atoms with Crippen LogP contribution in [0, 0.1) is 11.3 Å². The number of ether oxygens (including phenoxy) is 3. The highest BCUT2D eigenvalue weighted by atomic mass is 16.5. The Hall–Kier alpha value is -3.24. The molecule has 7 nitrogen and oxygen atoms in total. The molecular formula is C22H25N3O4. The minimum absolute atomic E-state index is 0.0437. The van der Waals surface area contributed by atoms with Gasteiger partial charge in [0.05, 0.1) is 20.3 Å². The number of carbonyl (C=O) groups excluding carboxylic acids is 1. The zero-order valence-electron chi connectivity index (χ0n) is 16.7. The van der Waals surface area contributed by atoms with Crippen molar-refractivity contribution in [3.8, 4) is 23.3 Å². The molecule has 152 valence electrons. The van der Waals surface area contributed by atoms with Gasteiger partial charge in [-0.05, 0) is 29.8 Å². The van der Waals surface area contributed by atoms with Crippen LogP contribution in [-0.4, -0.2) is 62.7 Å². The highest BCUT2D eigenvalue weighted by molar-refractivity contribution is 5.78. The van der Waals surface area contributed by atoms with Crippen molar-refractivity contribution in [2.45, 2.75) is 6.04 Å². The third-order valence-corrected chi connectivity index (χ3v) is 4.98. The number of methoxy groups -OCH3 is 2. The molecule has 0 N–H and O–H groups in total. The molecular weight excluding hydrogens is 370 g/mol. The third-order valence-electron chi connectivity index (χ3n) is 4.98. The van der Waals surface area contributed by atoms with E-state index in [4.69, 9.17) is 14.2 Å². The van der Waals surface area contributed by atoms with E-state index < -0.39 is 0 Å². The van der Waals surface area contributed by atoms with E-state index in [1.54, 1.807) is 31.3 Å². The fourth-order valence-corrected chi connectivity index (χ4v) is 3.38. The fourth-order valence-electron chi connectivity index (χ4n) is 3.38. The first-order valence-electron chi connectivity index (χ1n) is 9.47. The van der Waals surface area contributed by atoms with Gasteiger partial charge in [-0.2, -0.15) is 5.26 Å². The number of rotatable bonds is 7. The summed E-state index contributed by atoms with van der Waals surface area (Å²) in [6.07, 6.45) is 0. The summed E-state index contributed by atoms with van der Waals surface area (Å²) in [6.45, 7) is 2.30. The van der Waals surface area contributed by atoms with Crippen LogP contribution in [0.2, 0.25) is 0 Å². The Morgan fingerprint density at radius 1 is 1.03 bits per heavy atom. The summed E-state index contributed by atoms with van der Waals surface area (Å²) in [5.41, 5.74) is 0.895. The molecule has 2 aromatic rings. The number of carbonyl (C=O) groups is 1. The Bertz CT molecular complexity index is 872. The first kappa shape index (κ1) is 20.5. The van der Waals surface area contributed by atoms with Crippen molar-refractivity contribution in [2.75, 3.05) is 47.0 Å². The number of nitriles is 1. The van der Waals surface area contributed by atoms with Gasteiger partial charge < -0.3 is 19.1 Å². The predicted octanol–water partition coefficient (Wildman–Crippen LogP) is 2.49. The lowest BCUT2D eigenvalue weighted by Crippen LogP contribution is -2.50. The third kappa shape index (κ3) is 4.98. The van der Waals surface area contributed by atoms with E-state index in [-0.39, 0.29) is 18.6 Å². The van der Waals surface area contributed by atoms with Gasteiger partial charge in [-0.15, -0.1) is 0 Å². The minimum atomic E-state index is -0.368. The molecule has 1 atom stereocenters. The summed E-state index contributed by atoms with van der Waals surface area (Å²) in [5, 5.41) is 9.69. The van der Waals surface area contributed by atoms with Gasteiger partial charge in [-0.1, -0.05) is 24.3 Å². The van der Waals surface area contributed by atoms with Crippen molar-refractivity contribution in [1.29, 1.82) is 5.26 Å². The number of amides is 1. The van der Waals surface area contributed by atoms with Crippen LogP contribution in [0.5, 0.6) is 17.2 Å². The van der Waals surface area contributed by atoms with Gasteiger partial charge in [-0.25, -0.2) is 0 Å². The van der Waals surface area contributed by atoms with Crippen molar-refractivity contribution < 1.29 is 19.0 Å². The van der Waals surface area contributed by atoms with E-state index in [2.05, 4.69) is 11.0 Å². The second-order valence-electron chi connectivity index (χ2n) is 6.66. The molecule has 1 amide bonds. The molecule has 0 saturated carbocycles. The maximum absolute atomic E-state index is 12.5. The lowest BCUT2D eigenvalue weighted by Gasteiger charge is -2.37. The average Bonchev–Trinajstić information content (AvgIpc) is 2.78. The van der Waals surface area contributed by atoms with E-state index in [9.17, 15) is 10.1 Å². The lowest BCUT2D eigenvalue weighted by molar-refractivity contribution is -0.135. The number of hydrogen-bond donors (Lipinski definition) is 0. The molecule has 1 aliphatic heterocycles. The Balaban J connectivity index is 1.55. The van der Waals surface area contributed by atoms with Gasteiger partial charge in [0.25, 0.3) is 5.91 Å². The van der Waals surface area contributed by atoms with E-state index in [1.165, 1.54) is 0 Å². The molecule has 1 heterocycles. The molecule has 0 radical (unpaired) electrons. The maximum Gasteiger partial charge on any atom is 0.260 e. The largest absolute Gasteiger partial charge is 0.497 e. The highest BCUT2D eigenvalue weighted by Gasteiger charge is 2.27. The Morgan fingerprint density at radius 3 is 2.41 bits per heavy atom. The summed E-state index contributed by atoms with van der Waals surface area (Å²) >= 11 is 0. The number of benzene rings is 2. The molecule has 0 spiro atoms. The van der Waals surface area contributed by atoms with Gasteiger partial charge >= 0.3 is 0 Å². The average molecular weight is 395 g/mol. The Kier molecular flexibility index (Phi) is 6.93. The quantitative estimate of drug-likeness (QED) is 0.717. The van der Waals surface area contributed by atoms with Crippen LogP contribution in [0.15, 0.2) is 48.5 Å². The number of hydrogen-bond acceptors (Lipinski definition) is 6. The minimum Gasteiger partial charge on any atom is -0.497 e. The number of para-hydroxylation sites is 2. The lowest BCUT2D eigenvalue weighted by atomic mass is 10.1. The predicted molar refractivity (Wildman–Crippen MR) is 108 cm³/mol. The monoisotopic (exact) mass is 395 g/mol. The molecule has 1 aliphatic rings. The molecule has 29 heavy (non-hydrogen) atoms. The second kappa shape index (κ2) is 9.80. The van der Waals surface area contributed by atoms with Gasteiger partial charge in [0.2, 0.25) is 0 Å². The van der Waals surface area contributed by atoms with Crippen molar-refractivity contribution in [3.05, 3.63) is 54.1 Å². The first-order valence-corrected chi connectivity index (χ1v) is 9.47. The van der Waals surface area contributed by atoms with E-state index in [0.717, 1.165) is 11.3 Å². The molecule has 0 aliphatic carbocycles. The summed E-state index contributed by atoms with van der Waals surface area (Å²) in [7, 11) is 3.18. The van der Waals surface area contributed by atoms with Crippen molar-refractivity contribution in [3.63, 3.8) is 0 Å². The molecule has 1 unspecified atom stereocenters. The number of piperazine rings is 1. The summed E-state index contributed by atoms with van der Waals surface area (Å²) in [4.78, 5) is 16.4. The van der Waals surface area contributed by atoms with Crippen LogP contribution in [-0.2, 0) is 4.79 Å². The second-order valence-corrected chi connectivity index (χ2v) is 6.66. The normalized spacial score (nSPS) is 15.3. The van der Waals surface area contributed by atoms with Crippen LogP contribution in [0.1, 0.15) is 11.6 Å². The molecule has 3 rings (SSSR count). The first-order chi connectivity index (χ1) is 14.2. The zero-order chi connectivity index (χ0) is 20.6. The van der Waals surface area contributed by atoms with Gasteiger partial charge in [0.1, 0.15) is 11.8 Å². The van der Waals surface area contributed by atoms with Crippen LogP contribution in [0.25, 0.3) is 0 Å². The summed E-state index contributed by atoms with van der Waals surface area (Å²) in [6, 6.07) is 16.8. The Labute approximate surface area is 171 Å². The Morgan fingerprint density at radius 2 is 1.76 bits per heavy atom. The molecule has 1 saturated heterocycles. The molecule has 0 bridgehead atoms. The maximum atomic E-state index is 12.5. The molecule has 2 aromatic carbocycles. The van der Waals surface area contributed by atoms with Gasteiger partial charge in [0.15, 0.2) is 18.1 Å². The number of nitrogens with zero attached hydrogens (tertiary/aromatic N) is 3. The fraction of sp³-hybridized carbons (Fsp3) is 0.364. The molecule has 1 fully saturated rings. The SMILES string of the molecule is COc1cccc(C(C#N)N2CCN(C(=O)COc3ccccc3OC)CC2)c1. The summed E-state index contributed by atoms with van der Waals surface area (Å²) in [5.74, 6) is 1.79. The van der Waals surface area contributed by atoms with Gasteiger partial charge in [-0.3, -0.25) is 9.69 Å². The topological polar surface area (TPSA) is 75.0 Å². The van der Waals surface area contributed by atoms with Gasteiger partial charge in [0, 0.05) is 26.2 Å².